The lowest BCUT2D eigenvalue weighted by Gasteiger charge is -2.21. The van der Waals surface area contributed by atoms with Crippen LogP contribution in [0, 0.1) is 0 Å². The Balaban J connectivity index is 3.59. The summed E-state index contributed by atoms with van der Waals surface area (Å²) in [5.41, 5.74) is 0. The van der Waals surface area contributed by atoms with Crippen molar-refractivity contribution in [3.63, 3.8) is 0 Å². The molecule has 0 aromatic rings. The summed E-state index contributed by atoms with van der Waals surface area (Å²) in [6.45, 7) is 4.07. The number of carbonyl (C=O) groups is 1. The third kappa shape index (κ3) is 34.4. The Kier molecular flexibility index (Phi) is 37.2. The van der Waals surface area contributed by atoms with Crippen LogP contribution >= 0.6 is 0 Å². The van der Waals surface area contributed by atoms with Crippen LogP contribution in [-0.2, 0) is 4.79 Å². The first-order valence-corrected chi connectivity index (χ1v) is 20.8. The number of amides is 1. The van der Waals surface area contributed by atoms with Crippen LogP contribution < -0.4 is 5.32 Å². The first-order valence-electron chi connectivity index (χ1n) is 20.8. The molecule has 0 spiro atoms. The number of aliphatic hydroxyl groups is 3. The molecule has 4 N–H and O–H groups in total. The van der Waals surface area contributed by atoms with E-state index in [4.69, 9.17) is 0 Å². The first-order chi connectivity index (χ1) is 23.5. The van der Waals surface area contributed by atoms with E-state index >= 15 is 0 Å². The Bertz CT molecular complexity index is 749. The van der Waals surface area contributed by atoms with Gasteiger partial charge < -0.3 is 20.6 Å². The molecule has 0 aliphatic heterocycles. The number of hydrogen-bond donors (Lipinski definition) is 4. The van der Waals surface area contributed by atoms with E-state index in [1.807, 2.05) is 6.08 Å². The molecule has 5 heteroatoms. The van der Waals surface area contributed by atoms with Gasteiger partial charge in [0.25, 0.3) is 0 Å². The second-order valence-electron chi connectivity index (χ2n) is 14.2. The molecule has 0 saturated heterocycles. The predicted molar refractivity (Wildman–Crippen MR) is 208 cm³/mol. The van der Waals surface area contributed by atoms with Gasteiger partial charge in [-0.2, -0.15) is 0 Å². The Morgan fingerprint density at radius 1 is 0.542 bits per heavy atom. The molecule has 5 nitrogen and oxygen atoms in total. The summed E-state index contributed by atoms with van der Waals surface area (Å²) in [6.07, 6.45) is 47.3. The average molecular weight is 676 g/mol. The van der Waals surface area contributed by atoms with E-state index in [1.54, 1.807) is 6.08 Å². The Morgan fingerprint density at radius 2 is 0.917 bits per heavy atom. The van der Waals surface area contributed by atoms with Crippen LogP contribution in [0.1, 0.15) is 206 Å². The maximum atomic E-state index is 12.4. The van der Waals surface area contributed by atoms with Gasteiger partial charge in [-0.25, -0.2) is 0 Å². The molecule has 0 aliphatic carbocycles. The molecule has 0 rings (SSSR count). The molecule has 0 aromatic heterocycles. The van der Waals surface area contributed by atoms with Crippen LogP contribution in [0.5, 0.6) is 0 Å². The lowest BCUT2D eigenvalue weighted by Crippen LogP contribution is -2.45. The van der Waals surface area contributed by atoms with E-state index in [1.165, 1.54) is 135 Å². The van der Waals surface area contributed by atoms with Crippen molar-refractivity contribution < 1.29 is 20.1 Å². The normalized spacial score (nSPS) is 14.0. The van der Waals surface area contributed by atoms with Gasteiger partial charge in [0.2, 0.25) is 5.91 Å². The minimum Gasteiger partial charge on any atom is -0.394 e. The van der Waals surface area contributed by atoms with Crippen LogP contribution in [0.4, 0.5) is 0 Å². The Labute approximate surface area is 298 Å². The van der Waals surface area contributed by atoms with Crippen molar-refractivity contribution in [2.45, 2.75) is 225 Å². The van der Waals surface area contributed by atoms with E-state index in [0.29, 0.717) is 6.42 Å². The largest absolute Gasteiger partial charge is 0.394 e. The number of aliphatic hydroxyl groups excluding tert-OH is 3. The highest BCUT2D eigenvalue weighted by atomic mass is 16.3. The summed E-state index contributed by atoms with van der Waals surface area (Å²) < 4.78 is 0. The third-order valence-corrected chi connectivity index (χ3v) is 9.42. The fourth-order valence-electron chi connectivity index (χ4n) is 6.26. The number of unbranched alkanes of at least 4 members (excludes halogenated alkanes) is 24. The van der Waals surface area contributed by atoms with Crippen LogP contribution in [0.3, 0.4) is 0 Å². The van der Waals surface area contributed by atoms with Gasteiger partial charge in [0.05, 0.1) is 31.3 Å². The van der Waals surface area contributed by atoms with Crippen molar-refractivity contribution in [3.8, 4) is 0 Å². The van der Waals surface area contributed by atoms with E-state index in [2.05, 4.69) is 43.5 Å². The average Bonchev–Trinajstić information content (AvgIpc) is 3.08. The van der Waals surface area contributed by atoms with Gasteiger partial charge in [-0.1, -0.05) is 198 Å². The molecular weight excluding hydrogens is 594 g/mol. The van der Waals surface area contributed by atoms with Crippen LogP contribution in [0.25, 0.3) is 0 Å². The molecule has 0 radical (unpaired) electrons. The highest BCUT2D eigenvalue weighted by molar-refractivity contribution is 5.76. The van der Waals surface area contributed by atoms with Gasteiger partial charge in [-0.05, 0) is 38.5 Å². The van der Waals surface area contributed by atoms with Crippen molar-refractivity contribution in [2.75, 3.05) is 6.61 Å². The predicted octanol–water partition coefficient (Wildman–Crippen LogP) is 11.6. The highest BCUT2D eigenvalue weighted by Gasteiger charge is 2.20. The maximum absolute atomic E-state index is 12.4. The SMILES string of the molecule is CC/C=C/CC/C=C/CC/C=C/C(O)C(CO)NC(=O)CC(O)CCCCCCCCCCCCCCCCCCCCCCCCC. The summed E-state index contributed by atoms with van der Waals surface area (Å²) in [6, 6.07) is -0.763. The zero-order chi connectivity index (χ0) is 35.2. The van der Waals surface area contributed by atoms with Gasteiger partial charge in [-0.3, -0.25) is 4.79 Å². The molecule has 0 saturated carbocycles. The Hall–Kier alpha value is -1.43. The van der Waals surface area contributed by atoms with Gasteiger partial charge in [0.1, 0.15) is 0 Å². The molecule has 0 aromatic carbocycles. The molecule has 0 bridgehead atoms. The van der Waals surface area contributed by atoms with Crippen molar-refractivity contribution in [2.24, 2.45) is 0 Å². The summed E-state index contributed by atoms with van der Waals surface area (Å²) in [5.74, 6) is -0.330. The van der Waals surface area contributed by atoms with Crippen LogP contribution in [-0.4, -0.2) is 46.1 Å². The van der Waals surface area contributed by atoms with E-state index in [9.17, 15) is 20.1 Å². The maximum Gasteiger partial charge on any atom is 0.222 e. The number of allylic oxidation sites excluding steroid dienone is 5. The number of hydrogen-bond acceptors (Lipinski definition) is 4. The number of carbonyl (C=O) groups excluding carboxylic acids is 1. The molecule has 0 aliphatic rings. The molecule has 0 fully saturated rings. The second-order valence-corrected chi connectivity index (χ2v) is 14.2. The fraction of sp³-hybridized carbons (Fsp3) is 0.837. The summed E-state index contributed by atoms with van der Waals surface area (Å²) in [5, 5.41) is 33.0. The molecule has 48 heavy (non-hydrogen) atoms. The lowest BCUT2D eigenvalue weighted by molar-refractivity contribution is -0.124. The van der Waals surface area contributed by atoms with Crippen molar-refractivity contribution >= 4 is 5.91 Å². The summed E-state index contributed by atoms with van der Waals surface area (Å²) in [7, 11) is 0. The fourth-order valence-corrected chi connectivity index (χ4v) is 6.26. The van der Waals surface area contributed by atoms with Gasteiger partial charge in [0.15, 0.2) is 0 Å². The second kappa shape index (κ2) is 38.4. The smallest absolute Gasteiger partial charge is 0.222 e. The monoisotopic (exact) mass is 676 g/mol. The molecular formula is C43H81NO4. The van der Waals surface area contributed by atoms with Crippen molar-refractivity contribution in [1.82, 2.24) is 5.32 Å². The molecule has 282 valence electrons. The van der Waals surface area contributed by atoms with Crippen molar-refractivity contribution in [3.05, 3.63) is 36.5 Å². The topological polar surface area (TPSA) is 89.8 Å². The minimum absolute atomic E-state index is 0.00445. The number of rotatable bonds is 37. The van der Waals surface area contributed by atoms with Gasteiger partial charge >= 0.3 is 0 Å². The molecule has 3 atom stereocenters. The third-order valence-electron chi connectivity index (χ3n) is 9.42. The standard InChI is InChI=1S/C43H81NO4/c1-3-5-7-9-11-13-15-16-17-18-19-20-21-22-23-24-25-26-27-28-30-32-34-36-40(46)38-43(48)44-41(39-45)42(47)37-35-33-31-29-14-12-10-8-6-4-2/h6,8,14,29,35,37,40-42,45-47H,3-5,7,9-13,15-28,30-34,36,38-39H2,1-2H3,(H,44,48)/b8-6+,29-14+,37-35+. The summed E-state index contributed by atoms with van der Waals surface area (Å²) >= 11 is 0. The lowest BCUT2D eigenvalue weighted by atomic mass is 10.0. The zero-order valence-electron chi connectivity index (χ0n) is 31.9. The van der Waals surface area contributed by atoms with E-state index < -0.39 is 18.2 Å². The molecule has 1 amide bonds. The first kappa shape index (κ1) is 46.6. The summed E-state index contributed by atoms with van der Waals surface area (Å²) in [4.78, 5) is 12.4. The van der Waals surface area contributed by atoms with E-state index in [0.717, 1.165) is 44.9 Å². The number of nitrogens with one attached hydrogen (secondary N) is 1. The van der Waals surface area contributed by atoms with Crippen LogP contribution in [0.15, 0.2) is 36.5 Å². The Morgan fingerprint density at radius 3 is 1.31 bits per heavy atom. The van der Waals surface area contributed by atoms with Gasteiger partial charge in [0, 0.05) is 0 Å². The van der Waals surface area contributed by atoms with E-state index in [-0.39, 0.29) is 18.9 Å². The van der Waals surface area contributed by atoms with Crippen molar-refractivity contribution in [1.29, 1.82) is 0 Å². The molecule has 0 heterocycles. The highest BCUT2D eigenvalue weighted by Crippen LogP contribution is 2.16. The molecule has 3 unspecified atom stereocenters. The van der Waals surface area contributed by atoms with Crippen LogP contribution in [0.2, 0.25) is 0 Å². The van der Waals surface area contributed by atoms with Gasteiger partial charge in [-0.15, -0.1) is 0 Å². The quantitative estimate of drug-likeness (QED) is 0.0390. The zero-order valence-corrected chi connectivity index (χ0v) is 31.9. The minimum atomic E-state index is -0.955.